The zero-order valence-electron chi connectivity index (χ0n) is 28.0. The maximum absolute atomic E-state index is 13.4. The van der Waals surface area contributed by atoms with Gasteiger partial charge in [0.05, 0.1) is 32.0 Å². The number of hydrogen-bond donors (Lipinski definition) is 4. The Morgan fingerprint density at radius 2 is 0.792 bits per heavy atom. The minimum Gasteiger partial charge on any atom is -0.478 e. The molecule has 0 aliphatic carbocycles. The quantitative estimate of drug-likeness (QED) is 0.100. The Morgan fingerprint density at radius 1 is 0.434 bits per heavy atom. The number of aromatic carboxylic acids is 2. The molecule has 11 heteroatoms. The fraction of sp³-hybridized carbons (Fsp3) is 0.0476. The highest BCUT2D eigenvalue weighted by Crippen LogP contribution is 2.25. The number of benzene rings is 6. The van der Waals surface area contributed by atoms with Gasteiger partial charge < -0.3 is 20.8 Å². The molecule has 0 saturated carbocycles. The SMILES string of the molecule is O=C(O)c1cc(Cc2ccccc2)ccc1C(=O)Nc1ccc(S(=O)(=O)c2ccc(NC(=O)c3ccc(Cc4ccccc4)cc3C(=O)O)cc2)cc1. The van der Waals surface area contributed by atoms with Gasteiger partial charge in [-0.1, -0.05) is 72.8 Å². The average Bonchev–Trinajstić information content (AvgIpc) is 3.16. The first-order chi connectivity index (χ1) is 25.5. The van der Waals surface area contributed by atoms with E-state index in [9.17, 15) is 37.8 Å². The highest BCUT2D eigenvalue weighted by Gasteiger charge is 2.21. The zero-order valence-corrected chi connectivity index (χ0v) is 28.8. The van der Waals surface area contributed by atoms with Crippen LogP contribution in [0.2, 0.25) is 0 Å². The highest BCUT2D eigenvalue weighted by molar-refractivity contribution is 7.91. The number of amides is 2. The summed E-state index contributed by atoms with van der Waals surface area (Å²) in [5.41, 5.74) is 3.55. The van der Waals surface area contributed by atoms with Crippen LogP contribution in [0.4, 0.5) is 11.4 Å². The highest BCUT2D eigenvalue weighted by atomic mass is 32.2. The first-order valence-corrected chi connectivity index (χ1v) is 17.8. The Bertz CT molecular complexity index is 2260. The number of anilines is 2. The normalized spacial score (nSPS) is 11.0. The number of carbonyl (C=O) groups is 4. The van der Waals surface area contributed by atoms with Crippen molar-refractivity contribution in [2.45, 2.75) is 22.6 Å². The van der Waals surface area contributed by atoms with Crippen LogP contribution in [0.25, 0.3) is 0 Å². The van der Waals surface area contributed by atoms with Crippen LogP contribution in [-0.4, -0.2) is 42.4 Å². The number of carboxylic acids is 2. The van der Waals surface area contributed by atoms with Crippen molar-refractivity contribution < 1.29 is 37.8 Å². The van der Waals surface area contributed by atoms with Gasteiger partial charge in [0.15, 0.2) is 0 Å². The number of nitrogens with one attached hydrogen (secondary N) is 2. The maximum atomic E-state index is 13.4. The van der Waals surface area contributed by atoms with Gasteiger partial charge >= 0.3 is 11.9 Å². The van der Waals surface area contributed by atoms with Gasteiger partial charge in [0.25, 0.3) is 11.8 Å². The summed E-state index contributed by atoms with van der Waals surface area (Å²) in [7, 11) is -4.01. The van der Waals surface area contributed by atoms with E-state index in [2.05, 4.69) is 10.6 Å². The van der Waals surface area contributed by atoms with Gasteiger partial charge in [0, 0.05) is 11.4 Å². The molecule has 0 bridgehead atoms. The van der Waals surface area contributed by atoms with Gasteiger partial charge in [-0.05, 0) is 108 Å². The molecule has 0 atom stereocenters. The molecule has 53 heavy (non-hydrogen) atoms. The van der Waals surface area contributed by atoms with Crippen LogP contribution in [0, 0.1) is 0 Å². The van der Waals surface area contributed by atoms with Crippen LogP contribution in [0.1, 0.15) is 63.7 Å². The lowest BCUT2D eigenvalue weighted by molar-refractivity contribution is 0.0683. The molecule has 6 aromatic carbocycles. The Balaban J connectivity index is 1.11. The lowest BCUT2D eigenvalue weighted by atomic mass is 9.98. The second kappa shape index (κ2) is 15.6. The molecule has 0 spiro atoms. The van der Waals surface area contributed by atoms with Crippen molar-refractivity contribution in [1.29, 1.82) is 0 Å². The van der Waals surface area contributed by atoms with Crippen LogP contribution in [0.3, 0.4) is 0 Å². The van der Waals surface area contributed by atoms with E-state index in [4.69, 9.17) is 0 Å². The fourth-order valence-corrected chi connectivity index (χ4v) is 7.04. The molecule has 0 fully saturated rings. The summed E-state index contributed by atoms with van der Waals surface area (Å²) in [5, 5.41) is 24.9. The maximum Gasteiger partial charge on any atom is 0.336 e. The molecule has 0 aliphatic rings. The monoisotopic (exact) mass is 724 g/mol. The molecule has 0 heterocycles. The van der Waals surface area contributed by atoms with Crippen LogP contribution >= 0.6 is 0 Å². The predicted molar refractivity (Wildman–Crippen MR) is 200 cm³/mol. The number of rotatable bonds is 12. The van der Waals surface area contributed by atoms with Crippen molar-refractivity contribution in [3.8, 4) is 0 Å². The summed E-state index contributed by atoms with van der Waals surface area (Å²) >= 11 is 0. The standard InChI is InChI=1S/C42H32N2O8S/c45-39(35-21-11-29(25-37(35)41(47)48)23-27-7-3-1-4-8-27)43-31-13-17-33(18-14-31)53(51,52)34-19-15-32(16-20-34)44-40(46)36-22-12-30(26-38(36)42(49)50)24-28-9-5-2-6-10-28/h1-22,25-26H,23-24H2,(H,43,45)(H,44,46)(H,47,48)(H,49,50). The minimum atomic E-state index is -4.01. The summed E-state index contributed by atoms with van der Waals surface area (Å²) < 4.78 is 26.8. The fourth-order valence-electron chi connectivity index (χ4n) is 5.78. The molecular weight excluding hydrogens is 693 g/mol. The van der Waals surface area contributed by atoms with E-state index in [1.807, 2.05) is 60.7 Å². The Morgan fingerprint density at radius 3 is 1.13 bits per heavy atom. The van der Waals surface area contributed by atoms with Crippen molar-refractivity contribution >= 4 is 45.0 Å². The van der Waals surface area contributed by atoms with Gasteiger partial charge in [-0.2, -0.15) is 0 Å². The molecule has 10 nitrogen and oxygen atoms in total. The molecule has 6 rings (SSSR count). The van der Waals surface area contributed by atoms with Crippen LogP contribution in [0.15, 0.2) is 155 Å². The van der Waals surface area contributed by atoms with Gasteiger partial charge in [-0.15, -0.1) is 0 Å². The van der Waals surface area contributed by atoms with Crippen molar-refractivity contribution in [2.24, 2.45) is 0 Å². The number of carboxylic acid groups (broad SMARTS) is 2. The minimum absolute atomic E-state index is 0.0440. The van der Waals surface area contributed by atoms with Crippen LogP contribution in [-0.2, 0) is 22.7 Å². The van der Waals surface area contributed by atoms with Crippen molar-refractivity contribution in [2.75, 3.05) is 10.6 Å². The van der Waals surface area contributed by atoms with Crippen molar-refractivity contribution in [3.63, 3.8) is 0 Å². The zero-order chi connectivity index (χ0) is 37.5. The molecule has 0 aromatic heterocycles. The van der Waals surface area contributed by atoms with E-state index in [0.29, 0.717) is 12.8 Å². The summed E-state index contributed by atoms with van der Waals surface area (Å²) in [6.45, 7) is 0. The summed E-state index contributed by atoms with van der Waals surface area (Å²) in [6, 6.07) is 39.1. The summed E-state index contributed by atoms with van der Waals surface area (Å²) in [6.07, 6.45) is 0.989. The van der Waals surface area contributed by atoms with E-state index in [1.165, 1.54) is 72.8 Å². The predicted octanol–water partition coefficient (Wildman–Crippen LogP) is 7.60. The molecule has 4 N–H and O–H groups in total. The molecule has 0 radical (unpaired) electrons. The van der Waals surface area contributed by atoms with Crippen molar-refractivity contribution in [3.05, 3.63) is 190 Å². The van der Waals surface area contributed by atoms with E-state index >= 15 is 0 Å². The van der Waals surface area contributed by atoms with Crippen LogP contribution < -0.4 is 10.6 Å². The average molecular weight is 725 g/mol. The topological polar surface area (TPSA) is 167 Å². The van der Waals surface area contributed by atoms with Crippen molar-refractivity contribution in [1.82, 2.24) is 0 Å². The summed E-state index contributed by atoms with van der Waals surface area (Å²) in [4.78, 5) is 50.1. The number of sulfone groups is 1. The van der Waals surface area contributed by atoms with Crippen LogP contribution in [0.5, 0.6) is 0 Å². The third-order valence-corrected chi connectivity index (χ3v) is 10.3. The van der Waals surface area contributed by atoms with E-state index in [0.717, 1.165) is 22.3 Å². The third-order valence-electron chi connectivity index (χ3n) is 8.47. The Kier molecular flexibility index (Phi) is 10.6. The molecule has 264 valence electrons. The van der Waals surface area contributed by atoms with Gasteiger partial charge in [-0.25, -0.2) is 18.0 Å². The molecular formula is C42H32N2O8S. The van der Waals surface area contributed by atoms with E-state index < -0.39 is 33.6 Å². The Hall–Kier alpha value is -6.85. The second-order valence-corrected chi connectivity index (χ2v) is 14.1. The summed E-state index contributed by atoms with van der Waals surface area (Å²) in [5.74, 6) is -3.84. The molecule has 2 amide bonds. The first-order valence-electron chi connectivity index (χ1n) is 16.4. The smallest absolute Gasteiger partial charge is 0.336 e. The van der Waals surface area contributed by atoms with Gasteiger partial charge in [0.2, 0.25) is 9.84 Å². The number of hydrogen-bond acceptors (Lipinski definition) is 6. The molecule has 0 unspecified atom stereocenters. The second-order valence-electron chi connectivity index (χ2n) is 12.2. The Labute approximate surface area is 305 Å². The lowest BCUT2D eigenvalue weighted by Crippen LogP contribution is -2.17. The van der Waals surface area contributed by atoms with Gasteiger partial charge in [-0.3, -0.25) is 9.59 Å². The number of carbonyl (C=O) groups excluding carboxylic acids is 2. The third kappa shape index (κ3) is 8.55. The molecule has 0 aliphatic heterocycles. The largest absolute Gasteiger partial charge is 0.478 e. The first kappa shape index (κ1) is 36.0. The van der Waals surface area contributed by atoms with E-state index in [1.54, 1.807) is 12.1 Å². The molecule has 6 aromatic rings. The molecule has 0 saturated heterocycles. The van der Waals surface area contributed by atoms with E-state index in [-0.39, 0.29) is 43.4 Å². The van der Waals surface area contributed by atoms with Gasteiger partial charge in [0.1, 0.15) is 0 Å². The lowest BCUT2D eigenvalue weighted by Gasteiger charge is -2.12.